The van der Waals surface area contributed by atoms with E-state index in [4.69, 9.17) is 18.9 Å². The van der Waals surface area contributed by atoms with Gasteiger partial charge in [0.25, 0.3) is 0 Å². The molecule has 0 spiro atoms. The van der Waals surface area contributed by atoms with Crippen LogP contribution in [-0.4, -0.2) is 37.4 Å². The van der Waals surface area contributed by atoms with Gasteiger partial charge in [0.1, 0.15) is 23.7 Å². The normalized spacial score (nSPS) is 18.2. The van der Waals surface area contributed by atoms with E-state index in [0.717, 1.165) is 47.2 Å². The van der Waals surface area contributed by atoms with Crippen LogP contribution in [0.15, 0.2) is 48.5 Å². The zero-order valence-corrected chi connectivity index (χ0v) is 23.9. The van der Waals surface area contributed by atoms with Crippen LogP contribution in [-0.2, 0) is 19.1 Å². The highest BCUT2D eigenvalue weighted by Crippen LogP contribution is 2.42. The summed E-state index contributed by atoms with van der Waals surface area (Å²) in [6.45, 7) is 3.64. The molecule has 0 aromatic heterocycles. The third-order valence-corrected chi connectivity index (χ3v) is 8.76. The molecule has 3 aromatic carbocycles. The van der Waals surface area contributed by atoms with Gasteiger partial charge in [0.05, 0.1) is 0 Å². The minimum Gasteiger partial charge on any atom is -0.481 e. The Kier molecular flexibility index (Phi) is 9.45. The number of ether oxygens (including phenoxy) is 4. The molecule has 2 saturated carbocycles. The third-order valence-electron chi connectivity index (χ3n) is 8.76. The molecule has 3 aromatic rings. The average molecular weight is 547 g/mol. The van der Waals surface area contributed by atoms with Crippen LogP contribution >= 0.6 is 0 Å². The van der Waals surface area contributed by atoms with Gasteiger partial charge in [-0.3, -0.25) is 0 Å². The lowest BCUT2D eigenvalue weighted by atomic mass is 9.86. The Hall–Kier alpha value is -3.28. The quantitative estimate of drug-likeness (QED) is 0.191. The topological polar surface area (TPSA) is 71.1 Å². The Morgan fingerprint density at radius 3 is 1.25 bits per heavy atom. The van der Waals surface area contributed by atoms with E-state index in [1.165, 1.54) is 38.5 Å². The Bertz CT molecular complexity index is 1150. The second-order valence-electron chi connectivity index (χ2n) is 11.5. The van der Waals surface area contributed by atoms with Crippen LogP contribution in [0, 0.1) is 11.8 Å². The van der Waals surface area contributed by atoms with Crippen LogP contribution in [0.1, 0.15) is 78.1 Å². The Morgan fingerprint density at radius 1 is 0.600 bits per heavy atom. The van der Waals surface area contributed by atoms with E-state index in [9.17, 15) is 9.59 Å². The van der Waals surface area contributed by atoms with E-state index in [1.54, 1.807) is 0 Å². The zero-order chi connectivity index (χ0) is 27.9. The first-order chi connectivity index (χ1) is 19.5. The minimum absolute atomic E-state index is 0.110. The van der Waals surface area contributed by atoms with Gasteiger partial charge >= 0.3 is 11.9 Å². The van der Waals surface area contributed by atoms with Crippen molar-refractivity contribution in [3.05, 3.63) is 48.5 Å². The molecule has 6 nitrogen and oxygen atoms in total. The maximum Gasteiger partial charge on any atom is 0.344 e. The van der Waals surface area contributed by atoms with E-state index in [2.05, 4.69) is 0 Å². The molecule has 0 aliphatic heterocycles. The monoisotopic (exact) mass is 546 g/mol. The first-order valence-electron chi connectivity index (χ1n) is 15.1. The molecule has 2 aliphatic carbocycles. The standard InChI is InChI=1S/C34H42O6/c1-23(25-13-5-3-6-14-25)39-31(35)21-37-33-27-17-9-11-19-29(27)34(30-20-12-10-18-28(30)33)38-22-32(36)40-24(2)26-15-7-4-8-16-26/h9-12,17-20,23-26H,3-8,13-16,21-22H2,1-2H3. The maximum atomic E-state index is 12.8. The number of carbonyl (C=O) groups excluding carboxylic acids is 2. The molecule has 6 heteroatoms. The summed E-state index contributed by atoms with van der Waals surface area (Å²) in [5, 5.41) is 3.25. The number of hydrogen-bond donors (Lipinski definition) is 0. The molecule has 214 valence electrons. The van der Waals surface area contributed by atoms with Gasteiger partial charge in [-0.25, -0.2) is 9.59 Å². The van der Waals surface area contributed by atoms with Crippen molar-refractivity contribution in [1.29, 1.82) is 0 Å². The SMILES string of the molecule is CC(OC(=O)COc1c2ccccc2c(OCC(=O)OC(C)C2CCCCC2)c2ccccc12)C1CCCCC1. The minimum atomic E-state index is -0.360. The van der Waals surface area contributed by atoms with Gasteiger partial charge in [0.2, 0.25) is 0 Å². The Labute approximate surface area is 237 Å². The van der Waals surface area contributed by atoms with Gasteiger partial charge in [-0.2, -0.15) is 0 Å². The molecule has 0 bridgehead atoms. The number of esters is 2. The summed E-state index contributed by atoms with van der Waals surface area (Å²) in [6.07, 6.45) is 11.6. The molecule has 0 heterocycles. The molecule has 0 N–H and O–H groups in total. The van der Waals surface area contributed by atoms with Gasteiger partial charge in [0, 0.05) is 21.5 Å². The summed E-state index contributed by atoms with van der Waals surface area (Å²) >= 11 is 0. The number of hydrogen-bond acceptors (Lipinski definition) is 6. The first kappa shape index (κ1) is 28.3. The molecule has 2 fully saturated rings. The fraction of sp³-hybridized carbons (Fsp3) is 0.529. The van der Waals surface area contributed by atoms with Gasteiger partial charge in [-0.15, -0.1) is 0 Å². The second-order valence-corrected chi connectivity index (χ2v) is 11.5. The maximum absolute atomic E-state index is 12.8. The number of carbonyl (C=O) groups is 2. The van der Waals surface area contributed by atoms with Crippen LogP contribution in [0.25, 0.3) is 21.5 Å². The van der Waals surface area contributed by atoms with E-state index in [1.807, 2.05) is 62.4 Å². The van der Waals surface area contributed by atoms with Crippen LogP contribution in [0.4, 0.5) is 0 Å². The van der Waals surface area contributed by atoms with Crippen molar-refractivity contribution in [2.75, 3.05) is 13.2 Å². The largest absolute Gasteiger partial charge is 0.481 e. The number of rotatable bonds is 10. The van der Waals surface area contributed by atoms with E-state index in [0.29, 0.717) is 23.3 Å². The van der Waals surface area contributed by atoms with Crippen molar-refractivity contribution in [2.24, 2.45) is 11.8 Å². The van der Waals surface area contributed by atoms with Crippen molar-refractivity contribution in [2.45, 2.75) is 90.3 Å². The van der Waals surface area contributed by atoms with Crippen LogP contribution in [0.5, 0.6) is 11.5 Å². The number of fused-ring (bicyclic) bond motifs is 2. The molecular formula is C34H42O6. The lowest BCUT2D eigenvalue weighted by Crippen LogP contribution is -2.28. The average Bonchev–Trinajstić information content (AvgIpc) is 2.99. The summed E-state index contributed by atoms with van der Waals surface area (Å²) in [5.41, 5.74) is 0. The zero-order valence-electron chi connectivity index (χ0n) is 23.9. The van der Waals surface area contributed by atoms with Gasteiger partial charge in [0.15, 0.2) is 13.2 Å². The smallest absolute Gasteiger partial charge is 0.344 e. The molecular weight excluding hydrogens is 504 g/mol. The fourth-order valence-corrected chi connectivity index (χ4v) is 6.50. The summed E-state index contributed by atoms with van der Waals surface area (Å²) in [4.78, 5) is 25.5. The Balaban J connectivity index is 1.31. The van der Waals surface area contributed by atoms with Crippen LogP contribution in [0.2, 0.25) is 0 Å². The molecule has 0 saturated heterocycles. The van der Waals surface area contributed by atoms with Crippen molar-refractivity contribution in [3.63, 3.8) is 0 Å². The first-order valence-corrected chi connectivity index (χ1v) is 15.1. The fourth-order valence-electron chi connectivity index (χ4n) is 6.50. The number of benzene rings is 3. The summed E-state index contributed by atoms with van der Waals surface area (Å²) in [5.74, 6) is 1.34. The van der Waals surface area contributed by atoms with Crippen LogP contribution < -0.4 is 9.47 Å². The molecule has 40 heavy (non-hydrogen) atoms. The highest BCUT2D eigenvalue weighted by Gasteiger charge is 2.25. The van der Waals surface area contributed by atoms with Crippen molar-refractivity contribution >= 4 is 33.5 Å². The summed E-state index contributed by atoms with van der Waals surface area (Å²) in [6, 6.07) is 15.5. The van der Waals surface area contributed by atoms with Crippen molar-refractivity contribution in [1.82, 2.24) is 0 Å². The molecule has 5 rings (SSSR count). The molecule has 0 radical (unpaired) electrons. The molecule has 2 unspecified atom stereocenters. The van der Waals surface area contributed by atoms with Gasteiger partial charge < -0.3 is 18.9 Å². The highest BCUT2D eigenvalue weighted by molar-refractivity contribution is 6.11. The Morgan fingerprint density at radius 2 is 0.925 bits per heavy atom. The van der Waals surface area contributed by atoms with Crippen molar-refractivity contribution in [3.8, 4) is 11.5 Å². The second kappa shape index (κ2) is 13.4. The van der Waals surface area contributed by atoms with Crippen LogP contribution in [0.3, 0.4) is 0 Å². The molecule has 0 amide bonds. The van der Waals surface area contributed by atoms with E-state index in [-0.39, 0.29) is 37.4 Å². The highest BCUT2D eigenvalue weighted by atomic mass is 16.6. The van der Waals surface area contributed by atoms with E-state index < -0.39 is 0 Å². The molecule has 2 aliphatic rings. The van der Waals surface area contributed by atoms with Crippen molar-refractivity contribution < 1.29 is 28.5 Å². The predicted octanol–water partition coefficient (Wildman–Crippen LogP) is 7.77. The lowest BCUT2D eigenvalue weighted by molar-refractivity contribution is -0.154. The molecule has 2 atom stereocenters. The van der Waals surface area contributed by atoms with Gasteiger partial charge in [-0.05, 0) is 51.4 Å². The lowest BCUT2D eigenvalue weighted by Gasteiger charge is -2.27. The van der Waals surface area contributed by atoms with E-state index >= 15 is 0 Å². The third kappa shape index (κ3) is 6.71. The van der Waals surface area contributed by atoms with Gasteiger partial charge in [-0.1, -0.05) is 87.1 Å². The summed E-state index contributed by atoms with van der Waals surface area (Å²) < 4.78 is 23.8. The predicted molar refractivity (Wildman–Crippen MR) is 157 cm³/mol. The summed E-state index contributed by atoms with van der Waals surface area (Å²) in [7, 11) is 0.